The summed E-state index contributed by atoms with van der Waals surface area (Å²) >= 11 is 0. The summed E-state index contributed by atoms with van der Waals surface area (Å²) in [5, 5.41) is -7.05. The van der Waals surface area contributed by atoms with Crippen molar-refractivity contribution in [1.82, 2.24) is 0 Å². The van der Waals surface area contributed by atoms with Gasteiger partial charge in [-0.2, -0.15) is 47.9 Å². The van der Waals surface area contributed by atoms with Crippen molar-refractivity contribution >= 4 is 20.4 Å². The van der Waals surface area contributed by atoms with Crippen molar-refractivity contribution in [2.45, 2.75) is 97.3 Å². The third-order valence-corrected chi connectivity index (χ3v) is 12.5. The van der Waals surface area contributed by atoms with E-state index in [0.29, 0.717) is 11.1 Å². The molecule has 0 saturated carbocycles. The lowest BCUT2D eigenvalue weighted by Gasteiger charge is -2.44. The molecule has 3 rings (SSSR count). The first-order chi connectivity index (χ1) is 20.5. The Morgan fingerprint density at radius 2 is 0.956 bits per heavy atom. The molecule has 0 saturated heterocycles. The van der Waals surface area contributed by atoms with E-state index < -0.39 is 55.5 Å². The molecular weight excluding hydrogens is 655 g/mol. The zero-order chi connectivity index (χ0) is 34.4. The molecule has 250 valence electrons. The quantitative estimate of drug-likeness (QED) is 0.188. The highest BCUT2D eigenvalue weighted by Gasteiger charge is 2.86. The molecule has 0 radical (unpaired) electrons. The molecule has 0 aliphatic rings. The van der Waals surface area contributed by atoms with E-state index in [1.807, 2.05) is 13.8 Å². The van der Waals surface area contributed by atoms with Gasteiger partial charge < -0.3 is 0 Å². The summed E-state index contributed by atoms with van der Waals surface area (Å²) in [5.74, 6) is -15.9. The number of hydrogen-bond donors (Lipinski definition) is 0. The average Bonchev–Trinajstić information content (AvgIpc) is 2.95. The van der Waals surface area contributed by atoms with Crippen molar-refractivity contribution in [3.8, 4) is 0 Å². The van der Waals surface area contributed by atoms with Gasteiger partial charge in [-0.25, -0.2) is 3.63 Å². The number of alkyl halides is 9. The second kappa shape index (κ2) is 12.5. The van der Waals surface area contributed by atoms with Gasteiger partial charge in [0, 0.05) is 14.7 Å². The van der Waals surface area contributed by atoms with Crippen LogP contribution in [0, 0.1) is 0 Å². The maximum atomic E-state index is 15.3. The Hall–Kier alpha value is -2.71. The average molecular weight is 689 g/mol. The minimum Gasteiger partial charge on any atom is -0.202 e. The highest BCUT2D eigenvalue weighted by atomic mass is 32.3. The Labute approximate surface area is 258 Å². The highest BCUT2D eigenvalue weighted by Crippen LogP contribution is 2.74. The molecule has 0 aliphatic heterocycles. The number of hydrogen-bond acceptors (Lipinski definition) is 3. The summed E-state index contributed by atoms with van der Waals surface area (Å²) in [6, 6.07) is 17.1. The Morgan fingerprint density at radius 1 is 0.578 bits per heavy atom. The third-order valence-electron chi connectivity index (χ3n) is 7.14. The van der Waals surface area contributed by atoms with Crippen molar-refractivity contribution in [2.24, 2.45) is 0 Å². The van der Waals surface area contributed by atoms with E-state index in [2.05, 4.69) is 0 Å². The van der Waals surface area contributed by atoms with Crippen molar-refractivity contribution in [3.63, 3.8) is 0 Å². The van der Waals surface area contributed by atoms with Crippen LogP contribution in [0.1, 0.15) is 76.0 Å². The fourth-order valence-electron chi connectivity index (χ4n) is 4.63. The number of rotatable bonds is 11. The molecule has 14 heteroatoms. The van der Waals surface area contributed by atoms with Crippen molar-refractivity contribution in [1.29, 1.82) is 0 Å². The van der Waals surface area contributed by atoms with Gasteiger partial charge in [0.25, 0.3) is 0 Å². The standard InChI is InChI=1S/C31H33F9O3S2/c1-19(2)22-17-25(20(3)4)27(26(18-22)21(5)6)44(23-13-9-7-10-14-23,24-15-11-8-12-16-24)43-45(41,42)31(39,40)29(34,35)28(32,33)30(36,37)38/h7-21H,1-6H3. The van der Waals surface area contributed by atoms with Gasteiger partial charge in [-0.15, -0.1) is 0 Å². The van der Waals surface area contributed by atoms with E-state index in [-0.39, 0.29) is 20.6 Å². The smallest absolute Gasteiger partial charge is 0.202 e. The Kier molecular flexibility index (Phi) is 10.2. The van der Waals surface area contributed by atoms with Gasteiger partial charge in [0.05, 0.1) is 0 Å². The van der Waals surface area contributed by atoms with Gasteiger partial charge in [-0.3, -0.25) is 0 Å². The van der Waals surface area contributed by atoms with Gasteiger partial charge in [0.15, 0.2) is 0 Å². The van der Waals surface area contributed by atoms with E-state index in [4.69, 9.17) is 3.63 Å². The predicted octanol–water partition coefficient (Wildman–Crippen LogP) is 11.0. The fourth-order valence-corrected chi connectivity index (χ4v) is 10.5. The van der Waals surface area contributed by atoms with E-state index in [1.165, 1.54) is 60.7 Å². The van der Waals surface area contributed by atoms with Gasteiger partial charge in [0.2, 0.25) is 0 Å². The normalized spacial score (nSPS) is 14.4. The second-order valence-electron chi connectivity index (χ2n) is 11.4. The molecule has 3 aromatic carbocycles. The number of halogens is 9. The van der Waals surface area contributed by atoms with Gasteiger partial charge in [-0.05, 0) is 69.0 Å². The molecule has 0 atom stereocenters. The summed E-state index contributed by atoms with van der Waals surface area (Å²) < 4.78 is 159. The van der Waals surface area contributed by atoms with E-state index in [1.54, 1.807) is 39.8 Å². The van der Waals surface area contributed by atoms with E-state index in [0.717, 1.165) is 5.56 Å². The van der Waals surface area contributed by atoms with E-state index in [9.17, 15) is 39.2 Å². The summed E-state index contributed by atoms with van der Waals surface area (Å²) in [7, 11) is -11.4. The Balaban J connectivity index is 2.60. The number of benzene rings is 3. The summed E-state index contributed by atoms with van der Waals surface area (Å²) in [4.78, 5) is -0.190. The van der Waals surface area contributed by atoms with Crippen LogP contribution < -0.4 is 0 Å². The molecule has 0 spiro atoms. The fraction of sp³-hybridized carbons (Fsp3) is 0.419. The van der Waals surface area contributed by atoms with Crippen LogP contribution in [0.3, 0.4) is 0 Å². The lowest BCUT2D eigenvalue weighted by Crippen LogP contribution is -2.63. The molecule has 45 heavy (non-hydrogen) atoms. The molecule has 3 nitrogen and oxygen atoms in total. The Bertz CT molecular complexity index is 1520. The monoisotopic (exact) mass is 688 g/mol. The summed E-state index contributed by atoms with van der Waals surface area (Å²) in [6.07, 6.45) is -7.22. The SMILES string of the molecule is CC(C)c1cc(C(C)C)c(S(OS(=O)(=O)C(F)(F)C(F)(F)C(F)(F)C(F)(F)F)(c2ccccc2)c2ccccc2)c(C(C)C)c1. The summed E-state index contributed by atoms with van der Waals surface area (Å²) in [5.41, 5.74) is 1.54. The molecule has 0 amide bonds. The third kappa shape index (κ3) is 6.21. The molecule has 0 fully saturated rings. The topological polar surface area (TPSA) is 43.4 Å². The van der Waals surface area contributed by atoms with Crippen LogP contribution in [0.5, 0.6) is 0 Å². The van der Waals surface area contributed by atoms with Crippen molar-refractivity contribution in [3.05, 3.63) is 89.5 Å². The highest BCUT2D eigenvalue weighted by molar-refractivity contribution is 8.33. The predicted molar refractivity (Wildman–Crippen MR) is 155 cm³/mol. The zero-order valence-electron chi connectivity index (χ0n) is 25.1. The maximum Gasteiger partial charge on any atom is 0.460 e. The minimum atomic E-state index is -7.46. The van der Waals surface area contributed by atoms with Crippen LogP contribution in [0.15, 0.2) is 87.5 Å². The second-order valence-corrected chi connectivity index (χ2v) is 15.8. The van der Waals surface area contributed by atoms with Gasteiger partial charge >= 0.3 is 33.4 Å². The molecule has 0 heterocycles. The van der Waals surface area contributed by atoms with Gasteiger partial charge in [-0.1, -0.05) is 90.1 Å². The minimum absolute atomic E-state index is 0.0274. The van der Waals surface area contributed by atoms with Crippen molar-refractivity contribution in [2.75, 3.05) is 0 Å². The molecule has 0 bridgehead atoms. The first kappa shape index (κ1) is 36.8. The van der Waals surface area contributed by atoms with Crippen LogP contribution in [0.2, 0.25) is 0 Å². The van der Waals surface area contributed by atoms with Crippen LogP contribution in [-0.2, 0) is 13.7 Å². The maximum absolute atomic E-state index is 15.3. The zero-order valence-corrected chi connectivity index (χ0v) is 26.7. The van der Waals surface area contributed by atoms with Gasteiger partial charge in [0.1, 0.15) is 0 Å². The van der Waals surface area contributed by atoms with E-state index >= 15 is 8.78 Å². The molecule has 0 aromatic heterocycles. The summed E-state index contributed by atoms with van der Waals surface area (Å²) in [6.45, 7) is 10.6. The molecule has 0 unspecified atom stereocenters. The van der Waals surface area contributed by atoms with Crippen LogP contribution >= 0.6 is 10.3 Å². The largest absolute Gasteiger partial charge is 0.460 e. The lowest BCUT2D eigenvalue weighted by molar-refractivity contribution is -0.382. The van der Waals surface area contributed by atoms with Crippen molar-refractivity contribution < 1.29 is 51.6 Å². The van der Waals surface area contributed by atoms with Crippen LogP contribution in [0.4, 0.5) is 39.5 Å². The first-order valence-electron chi connectivity index (χ1n) is 13.7. The molecule has 0 aliphatic carbocycles. The molecule has 0 N–H and O–H groups in total. The first-order valence-corrected chi connectivity index (χ1v) is 16.7. The molecule has 3 aromatic rings. The van der Waals surface area contributed by atoms with Crippen LogP contribution in [-0.4, -0.2) is 31.7 Å². The van der Waals surface area contributed by atoms with Crippen LogP contribution in [0.25, 0.3) is 0 Å². The Morgan fingerprint density at radius 3 is 1.27 bits per heavy atom. The molecular formula is C31H33F9O3S2. The lowest BCUT2D eigenvalue weighted by atomic mass is 9.89.